The Morgan fingerprint density at radius 2 is 1.92 bits per heavy atom. The first-order chi connectivity index (χ1) is 12.5. The van der Waals surface area contributed by atoms with Crippen molar-refractivity contribution in [3.63, 3.8) is 0 Å². The lowest BCUT2D eigenvalue weighted by Gasteiger charge is -2.09. The zero-order valence-corrected chi connectivity index (χ0v) is 14.5. The first kappa shape index (κ1) is 17.3. The fraction of sp³-hybridized carbons (Fsp3) is 0.158. The second-order valence-corrected chi connectivity index (χ2v) is 5.92. The second kappa shape index (κ2) is 7.18. The van der Waals surface area contributed by atoms with Crippen LogP contribution in [0, 0.1) is 17.0 Å². The summed E-state index contributed by atoms with van der Waals surface area (Å²) in [6, 6.07) is 13.2. The van der Waals surface area contributed by atoms with E-state index >= 15 is 0 Å². The van der Waals surface area contributed by atoms with Crippen molar-refractivity contribution in [3.05, 3.63) is 87.2 Å². The SMILES string of the molecule is Cc1c(CNc2ccc(C(=O)c3ccccc3)cc2[N+](=O)[O-])cnn1C. The maximum atomic E-state index is 12.5. The van der Waals surface area contributed by atoms with E-state index in [-0.39, 0.29) is 17.0 Å². The zero-order valence-electron chi connectivity index (χ0n) is 14.5. The predicted octanol–water partition coefficient (Wildman–Crippen LogP) is 3.48. The minimum Gasteiger partial charge on any atom is -0.375 e. The number of hydrogen-bond acceptors (Lipinski definition) is 5. The van der Waals surface area contributed by atoms with E-state index in [1.165, 1.54) is 6.07 Å². The number of hydrogen-bond donors (Lipinski definition) is 1. The lowest BCUT2D eigenvalue weighted by Crippen LogP contribution is -2.06. The Morgan fingerprint density at radius 1 is 1.19 bits per heavy atom. The highest BCUT2D eigenvalue weighted by Crippen LogP contribution is 2.27. The standard InChI is InChI=1S/C19H18N4O3/c1-13-16(12-21-22(13)2)11-20-17-9-8-15(10-18(17)23(25)26)19(24)14-6-4-3-5-7-14/h3-10,12,20H,11H2,1-2H3. The Hall–Kier alpha value is -3.48. The molecule has 132 valence electrons. The molecule has 3 rings (SSSR count). The third-order valence-corrected chi connectivity index (χ3v) is 4.30. The van der Waals surface area contributed by atoms with Gasteiger partial charge in [-0.15, -0.1) is 0 Å². The molecule has 26 heavy (non-hydrogen) atoms. The van der Waals surface area contributed by atoms with Gasteiger partial charge in [0.1, 0.15) is 5.69 Å². The largest absolute Gasteiger partial charge is 0.375 e. The molecule has 2 aromatic carbocycles. The summed E-state index contributed by atoms with van der Waals surface area (Å²) < 4.78 is 1.74. The minimum atomic E-state index is -0.486. The van der Waals surface area contributed by atoms with E-state index < -0.39 is 4.92 Å². The first-order valence-corrected chi connectivity index (χ1v) is 8.07. The van der Waals surface area contributed by atoms with Gasteiger partial charge in [0, 0.05) is 42.0 Å². The molecule has 0 amide bonds. The average Bonchev–Trinajstić information content (AvgIpc) is 2.98. The van der Waals surface area contributed by atoms with Gasteiger partial charge in [-0.1, -0.05) is 30.3 Å². The van der Waals surface area contributed by atoms with Gasteiger partial charge >= 0.3 is 0 Å². The van der Waals surface area contributed by atoms with Crippen LogP contribution in [0.25, 0.3) is 0 Å². The van der Waals surface area contributed by atoms with Gasteiger partial charge in [-0.2, -0.15) is 5.10 Å². The maximum absolute atomic E-state index is 12.5. The maximum Gasteiger partial charge on any atom is 0.293 e. The zero-order chi connectivity index (χ0) is 18.7. The molecule has 0 aliphatic rings. The summed E-state index contributed by atoms with van der Waals surface area (Å²) in [6.45, 7) is 2.34. The van der Waals surface area contributed by atoms with Crippen molar-refractivity contribution >= 4 is 17.2 Å². The van der Waals surface area contributed by atoms with Gasteiger partial charge in [0.25, 0.3) is 5.69 Å². The van der Waals surface area contributed by atoms with Crippen molar-refractivity contribution in [1.82, 2.24) is 9.78 Å². The van der Waals surface area contributed by atoms with Gasteiger partial charge in [0.05, 0.1) is 11.1 Å². The van der Waals surface area contributed by atoms with Crippen LogP contribution < -0.4 is 5.32 Å². The van der Waals surface area contributed by atoms with Crippen molar-refractivity contribution < 1.29 is 9.72 Å². The number of aryl methyl sites for hydroxylation is 1. The Morgan fingerprint density at radius 3 is 2.54 bits per heavy atom. The number of rotatable bonds is 6. The molecule has 7 nitrogen and oxygen atoms in total. The molecular weight excluding hydrogens is 332 g/mol. The average molecular weight is 350 g/mol. The van der Waals surface area contributed by atoms with E-state index in [1.54, 1.807) is 47.3 Å². The molecule has 0 fully saturated rings. The van der Waals surface area contributed by atoms with E-state index in [0.29, 0.717) is 17.8 Å². The van der Waals surface area contributed by atoms with Crippen LogP contribution in [0.1, 0.15) is 27.2 Å². The number of carbonyl (C=O) groups excluding carboxylic acids is 1. The van der Waals surface area contributed by atoms with Crippen molar-refractivity contribution in [3.8, 4) is 0 Å². The number of nitro groups is 1. The van der Waals surface area contributed by atoms with Gasteiger partial charge in [-0.25, -0.2) is 0 Å². The summed E-state index contributed by atoms with van der Waals surface area (Å²) in [5, 5.41) is 18.7. The Balaban J connectivity index is 1.86. The molecule has 1 aromatic heterocycles. The summed E-state index contributed by atoms with van der Waals surface area (Å²) in [6.07, 6.45) is 1.72. The molecule has 0 aliphatic heterocycles. The van der Waals surface area contributed by atoms with Crippen molar-refractivity contribution in [1.29, 1.82) is 0 Å². The second-order valence-electron chi connectivity index (χ2n) is 5.92. The minimum absolute atomic E-state index is 0.131. The monoisotopic (exact) mass is 350 g/mol. The molecule has 0 bridgehead atoms. The summed E-state index contributed by atoms with van der Waals surface area (Å²) in [4.78, 5) is 23.5. The summed E-state index contributed by atoms with van der Waals surface area (Å²) >= 11 is 0. The lowest BCUT2D eigenvalue weighted by atomic mass is 10.0. The molecule has 0 saturated carbocycles. The van der Waals surface area contributed by atoms with Crippen molar-refractivity contribution in [2.45, 2.75) is 13.5 Å². The van der Waals surface area contributed by atoms with Gasteiger partial charge < -0.3 is 5.32 Å². The molecule has 0 radical (unpaired) electrons. The first-order valence-electron chi connectivity index (χ1n) is 8.07. The van der Waals surface area contributed by atoms with Crippen molar-refractivity contribution in [2.75, 3.05) is 5.32 Å². The molecule has 1 N–H and O–H groups in total. The van der Waals surface area contributed by atoms with Crippen LogP contribution in [0.3, 0.4) is 0 Å². The van der Waals surface area contributed by atoms with Crippen LogP contribution in [0.5, 0.6) is 0 Å². The van der Waals surface area contributed by atoms with Gasteiger partial charge in [-0.3, -0.25) is 19.6 Å². The molecule has 7 heteroatoms. The van der Waals surface area contributed by atoms with Crippen LogP contribution in [0.2, 0.25) is 0 Å². The van der Waals surface area contributed by atoms with Crippen LogP contribution in [-0.4, -0.2) is 20.5 Å². The fourth-order valence-electron chi connectivity index (χ4n) is 2.64. The normalized spacial score (nSPS) is 10.5. The number of nitrogens with one attached hydrogen (secondary N) is 1. The summed E-state index contributed by atoms with van der Waals surface area (Å²) in [7, 11) is 1.84. The molecular formula is C19H18N4O3. The van der Waals surface area contributed by atoms with E-state index in [4.69, 9.17) is 0 Å². The molecule has 0 atom stereocenters. The summed E-state index contributed by atoms with van der Waals surface area (Å²) in [5.41, 5.74) is 2.94. The Labute approximate surface area is 150 Å². The van der Waals surface area contributed by atoms with Crippen LogP contribution in [0.4, 0.5) is 11.4 Å². The predicted molar refractivity (Wildman–Crippen MR) is 98.2 cm³/mol. The molecule has 0 aliphatic carbocycles. The van der Waals surface area contributed by atoms with E-state index in [1.807, 2.05) is 20.0 Å². The van der Waals surface area contributed by atoms with E-state index in [0.717, 1.165) is 11.3 Å². The molecule has 1 heterocycles. The lowest BCUT2D eigenvalue weighted by molar-refractivity contribution is -0.384. The highest BCUT2D eigenvalue weighted by Gasteiger charge is 2.18. The van der Waals surface area contributed by atoms with Gasteiger partial charge in [0.15, 0.2) is 5.78 Å². The third kappa shape index (κ3) is 3.46. The number of nitro benzene ring substituents is 1. The highest BCUT2D eigenvalue weighted by atomic mass is 16.6. The smallest absolute Gasteiger partial charge is 0.293 e. The van der Waals surface area contributed by atoms with E-state index in [2.05, 4.69) is 10.4 Å². The quantitative estimate of drug-likeness (QED) is 0.417. The Bertz CT molecular complexity index is 964. The number of nitrogens with zero attached hydrogens (tertiary/aromatic N) is 3. The molecule has 0 spiro atoms. The number of ketones is 1. The van der Waals surface area contributed by atoms with Crippen LogP contribution >= 0.6 is 0 Å². The fourth-order valence-corrected chi connectivity index (χ4v) is 2.64. The highest BCUT2D eigenvalue weighted by molar-refractivity contribution is 6.09. The third-order valence-electron chi connectivity index (χ3n) is 4.30. The molecule has 0 unspecified atom stereocenters. The van der Waals surface area contributed by atoms with Crippen molar-refractivity contribution in [2.24, 2.45) is 7.05 Å². The number of aromatic nitrogens is 2. The van der Waals surface area contributed by atoms with Crippen LogP contribution in [-0.2, 0) is 13.6 Å². The van der Waals surface area contributed by atoms with E-state index in [9.17, 15) is 14.9 Å². The molecule has 3 aromatic rings. The van der Waals surface area contributed by atoms with Crippen LogP contribution in [0.15, 0.2) is 54.7 Å². The Kier molecular flexibility index (Phi) is 4.79. The summed E-state index contributed by atoms with van der Waals surface area (Å²) in [5.74, 6) is -0.247. The molecule has 0 saturated heterocycles. The van der Waals surface area contributed by atoms with Gasteiger partial charge in [-0.05, 0) is 19.1 Å². The number of carbonyl (C=O) groups is 1. The topological polar surface area (TPSA) is 90.1 Å². The van der Waals surface area contributed by atoms with Gasteiger partial charge in [0.2, 0.25) is 0 Å². The number of benzene rings is 2. The number of anilines is 1.